The molecule has 3 nitrogen and oxygen atoms in total. The number of nitrogens with one attached hydrogen (secondary N) is 1. The number of carbonyl (C=O) groups is 1. The first-order valence-corrected chi connectivity index (χ1v) is 10.2. The predicted molar refractivity (Wildman–Crippen MR) is 52.3 cm³/mol. The normalized spacial score (nSPS) is 18.0. The van der Waals surface area contributed by atoms with Crippen molar-refractivity contribution in [3.05, 3.63) is 0 Å². The van der Waals surface area contributed by atoms with Crippen LogP contribution in [0.3, 0.4) is 0 Å². The summed E-state index contributed by atoms with van der Waals surface area (Å²) in [6.07, 6.45) is 0. The van der Waals surface area contributed by atoms with E-state index in [9.17, 15) is 4.79 Å². The van der Waals surface area contributed by atoms with Gasteiger partial charge in [0, 0.05) is 0 Å². The molecule has 0 radical (unpaired) electrons. The fraction of sp³-hybridized carbons (Fsp3) is 0.500. The molecule has 0 saturated heterocycles. The standard InChI is InChI=1S/C2H5INO2P2.Ga.2H/c1-2(5)8(3,4)7-6;;;/h4,7H,1H3;;;/q-1;+1;;. The average Bonchev–Trinajstić information content (AvgIpc) is 1.65. The van der Waals surface area contributed by atoms with E-state index in [1.54, 1.807) is 0 Å². The molecule has 0 bridgehead atoms. The monoisotopic (exact) mass is 335 g/mol. The molecule has 0 aromatic carbocycles. The van der Waals surface area contributed by atoms with Gasteiger partial charge in [0.25, 0.3) is 0 Å². The maximum absolute atomic E-state index is 10.7. The Morgan fingerprint density at radius 1 is 2.00 bits per heavy atom. The van der Waals surface area contributed by atoms with Crippen LogP contribution in [0.15, 0.2) is 0 Å². The molecular weight excluding hydrogens is 329 g/mol. The summed E-state index contributed by atoms with van der Waals surface area (Å²) in [4.78, 5) is 10.7. The molecule has 2 unspecified atom stereocenters. The minimum absolute atomic E-state index is 0.0225. The molecule has 0 spiro atoms. The number of hydrogen-bond acceptors (Lipinski definition) is 3. The molecule has 0 aromatic heterocycles. The maximum atomic E-state index is 10.7. The topological polar surface area (TPSA) is 50.2 Å². The van der Waals surface area contributed by atoms with Crippen molar-refractivity contribution in [2.45, 2.75) is 6.92 Å². The van der Waals surface area contributed by atoms with Crippen molar-refractivity contribution < 1.29 is 8.11 Å². The van der Waals surface area contributed by atoms with E-state index >= 15 is 0 Å². The van der Waals surface area contributed by atoms with E-state index < -0.39 is 4.39 Å². The van der Waals surface area contributed by atoms with Gasteiger partial charge in [-0.15, -0.1) is 0 Å². The summed E-state index contributed by atoms with van der Waals surface area (Å²) in [5.41, 5.74) is -0.0225. The third-order valence-electron chi connectivity index (χ3n) is 0.651. The molecule has 0 aliphatic rings. The molecule has 0 heterocycles. The SMILES string of the molecule is CC(=O)P(=N)(I)P[O][GaH2]. The van der Waals surface area contributed by atoms with Gasteiger partial charge in [0.15, 0.2) is 0 Å². The summed E-state index contributed by atoms with van der Waals surface area (Å²) < 4.78 is 2.84. The van der Waals surface area contributed by atoms with Crippen LogP contribution in [0.4, 0.5) is 0 Å². The van der Waals surface area contributed by atoms with E-state index in [-0.39, 0.29) is 14.0 Å². The van der Waals surface area contributed by atoms with Crippen LogP contribution in [-0.4, -0.2) is 24.5 Å². The van der Waals surface area contributed by atoms with E-state index in [0.29, 0.717) is 19.0 Å². The molecule has 0 amide bonds. The average molecular weight is 336 g/mol. The first kappa shape index (κ1) is 10.7. The quantitative estimate of drug-likeness (QED) is 0.485. The van der Waals surface area contributed by atoms with Crippen LogP contribution in [0.1, 0.15) is 6.92 Å². The molecular formula is C2H7GaINO2P2. The fourth-order valence-corrected chi connectivity index (χ4v) is 15.7. The van der Waals surface area contributed by atoms with Crippen LogP contribution in [0, 0.1) is 5.16 Å². The molecule has 0 rings (SSSR count). The summed E-state index contributed by atoms with van der Waals surface area (Å²) in [5.74, 6) is 0. The van der Waals surface area contributed by atoms with Crippen molar-refractivity contribution in [3.63, 3.8) is 0 Å². The summed E-state index contributed by atoms with van der Waals surface area (Å²) in [7, 11) is 0.120. The Hall–Kier alpha value is 1.66. The van der Waals surface area contributed by atoms with Crippen LogP contribution >= 0.6 is 34.9 Å². The van der Waals surface area contributed by atoms with Gasteiger partial charge in [-0.05, 0) is 0 Å². The summed E-state index contributed by atoms with van der Waals surface area (Å²) in [6, 6.07) is 0. The van der Waals surface area contributed by atoms with Gasteiger partial charge in [-0.2, -0.15) is 0 Å². The fourth-order valence-electron chi connectivity index (χ4n) is 0.190. The van der Waals surface area contributed by atoms with E-state index in [4.69, 9.17) is 8.48 Å². The first-order chi connectivity index (χ1) is 4.00. The van der Waals surface area contributed by atoms with Gasteiger partial charge in [0.2, 0.25) is 0 Å². The van der Waals surface area contributed by atoms with E-state index in [2.05, 4.69) is 0 Å². The van der Waals surface area contributed by atoms with Gasteiger partial charge in [-0.25, -0.2) is 0 Å². The van der Waals surface area contributed by atoms with Crippen LogP contribution < -0.4 is 0 Å². The zero-order valence-electron chi connectivity index (χ0n) is 5.14. The first-order valence-electron chi connectivity index (χ1n) is 2.16. The van der Waals surface area contributed by atoms with Gasteiger partial charge >= 0.3 is 79.6 Å². The second-order valence-corrected chi connectivity index (χ2v) is 16.0. The predicted octanol–water partition coefficient (Wildman–Crippen LogP) is 1.74. The second-order valence-electron chi connectivity index (χ2n) is 1.40. The van der Waals surface area contributed by atoms with Gasteiger partial charge in [-0.3, -0.25) is 0 Å². The molecule has 52 valence electrons. The third-order valence-corrected chi connectivity index (χ3v) is 11.5. The molecule has 0 fully saturated rings. The van der Waals surface area contributed by atoms with Gasteiger partial charge < -0.3 is 0 Å². The van der Waals surface area contributed by atoms with Crippen molar-refractivity contribution in [2.75, 3.05) is 0 Å². The molecule has 2 atom stereocenters. The Morgan fingerprint density at radius 2 is 2.44 bits per heavy atom. The van der Waals surface area contributed by atoms with Crippen LogP contribution in [0.25, 0.3) is 0 Å². The Kier molecular flexibility index (Phi) is 5.35. The van der Waals surface area contributed by atoms with Crippen LogP contribution in [-0.2, 0) is 8.11 Å². The number of halogens is 1. The van der Waals surface area contributed by atoms with Crippen molar-refractivity contribution in [3.8, 4) is 0 Å². The van der Waals surface area contributed by atoms with Crippen molar-refractivity contribution in [2.24, 2.45) is 0 Å². The van der Waals surface area contributed by atoms with E-state index in [1.165, 1.54) is 6.92 Å². The Bertz CT molecular complexity index is 163. The number of rotatable bonds is 3. The summed E-state index contributed by atoms with van der Waals surface area (Å²) >= 11 is 2.23. The Balaban J connectivity index is 4.04. The Labute approximate surface area is 79.1 Å². The summed E-state index contributed by atoms with van der Waals surface area (Å²) in [5, 5.41) is 7.45. The van der Waals surface area contributed by atoms with Crippen molar-refractivity contribution in [1.82, 2.24) is 0 Å². The Morgan fingerprint density at radius 3 is 2.56 bits per heavy atom. The molecule has 0 aliphatic heterocycles. The van der Waals surface area contributed by atoms with Gasteiger partial charge in [0.1, 0.15) is 0 Å². The molecule has 9 heavy (non-hydrogen) atoms. The molecule has 1 N–H and O–H groups in total. The summed E-state index contributed by atoms with van der Waals surface area (Å²) in [6.45, 7) is 1.46. The van der Waals surface area contributed by atoms with E-state index in [1.807, 2.05) is 22.0 Å². The molecule has 0 aromatic rings. The van der Waals surface area contributed by atoms with Crippen LogP contribution in [0.2, 0.25) is 0 Å². The van der Waals surface area contributed by atoms with Crippen LogP contribution in [0.5, 0.6) is 0 Å². The van der Waals surface area contributed by atoms with Gasteiger partial charge in [0.05, 0.1) is 0 Å². The van der Waals surface area contributed by atoms with Crippen molar-refractivity contribution in [1.29, 1.82) is 5.16 Å². The zero-order valence-corrected chi connectivity index (χ0v) is 13.4. The number of carbonyl (C=O) groups excluding carboxylic acids is 1. The third kappa shape index (κ3) is 4.17. The molecule has 0 aliphatic carbocycles. The molecule has 7 heteroatoms. The van der Waals surface area contributed by atoms with Gasteiger partial charge in [-0.1, -0.05) is 0 Å². The molecule has 0 saturated carbocycles. The second kappa shape index (κ2) is 4.52. The minimum atomic E-state index is -2.08. The number of hydrogen-bond donors (Lipinski definition) is 1. The zero-order chi connectivity index (χ0) is 7.49. The van der Waals surface area contributed by atoms with Crippen molar-refractivity contribution >= 4 is 59.4 Å². The van der Waals surface area contributed by atoms with E-state index in [0.717, 1.165) is 0 Å².